The fourth-order valence-electron chi connectivity index (χ4n) is 2.97. The lowest BCUT2D eigenvalue weighted by atomic mass is 9.83. The van der Waals surface area contributed by atoms with E-state index >= 15 is 0 Å². The van der Waals surface area contributed by atoms with Crippen LogP contribution in [0.25, 0.3) is 0 Å². The van der Waals surface area contributed by atoms with Gasteiger partial charge in [-0.3, -0.25) is 9.59 Å². The molecule has 0 bridgehead atoms. The van der Waals surface area contributed by atoms with Crippen molar-refractivity contribution in [2.24, 2.45) is 5.41 Å². The highest BCUT2D eigenvalue weighted by atomic mass is 16.5. The summed E-state index contributed by atoms with van der Waals surface area (Å²) in [6.45, 7) is 4.51. The summed E-state index contributed by atoms with van der Waals surface area (Å²) in [4.78, 5) is 25.5. The van der Waals surface area contributed by atoms with Crippen LogP contribution >= 0.6 is 0 Å². The van der Waals surface area contributed by atoms with Crippen LogP contribution in [0.1, 0.15) is 26.2 Å². The van der Waals surface area contributed by atoms with Crippen molar-refractivity contribution in [2.45, 2.75) is 32.2 Å². The first-order chi connectivity index (χ1) is 9.09. The molecule has 2 heterocycles. The number of hydrogen-bond acceptors (Lipinski definition) is 4. The van der Waals surface area contributed by atoms with Gasteiger partial charge in [0.25, 0.3) is 0 Å². The number of carboxylic acids is 1. The van der Waals surface area contributed by atoms with Crippen LogP contribution in [0.15, 0.2) is 0 Å². The van der Waals surface area contributed by atoms with Gasteiger partial charge in [0.2, 0.25) is 5.91 Å². The second-order valence-corrected chi connectivity index (χ2v) is 5.43. The molecule has 0 saturated carbocycles. The Kier molecular flexibility index (Phi) is 4.42. The number of carbonyl (C=O) groups excluding carboxylic acids is 1. The second-order valence-electron chi connectivity index (χ2n) is 5.43. The minimum atomic E-state index is -0.780. The minimum absolute atomic E-state index is 0.0288. The molecule has 0 aromatic carbocycles. The minimum Gasteiger partial charge on any atom is -0.481 e. The first-order valence-electron chi connectivity index (χ1n) is 6.92. The maximum Gasteiger partial charge on any atom is 0.311 e. The monoisotopic (exact) mass is 270 g/mol. The van der Waals surface area contributed by atoms with E-state index < -0.39 is 11.4 Å². The highest BCUT2D eigenvalue weighted by molar-refractivity contribution is 5.84. The summed E-state index contributed by atoms with van der Waals surface area (Å²) < 4.78 is 5.28. The van der Waals surface area contributed by atoms with Gasteiger partial charge in [-0.15, -0.1) is 0 Å². The summed E-state index contributed by atoms with van der Waals surface area (Å²) in [6.07, 6.45) is 2.00. The van der Waals surface area contributed by atoms with Crippen LogP contribution in [-0.4, -0.2) is 60.8 Å². The summed E-state index contributed by atoms with van der Waals surface area (Å²) in [5.41, 5.74) is -0.750. The molecule has 6 nitrogen and oxygen atoms in total. The molecule has 2 atom stereocenters. The molecule has 2 fully saturated rings. The summed E-state index contributed by atoms with van der Waals surface area (Å²) in [7, 11) is 0. The Morgan fingerprint density at radius 1 is 1.53 bits per heavy atom. The van der Waals surface area contributed by atoms with E-state index in [1.165, 1.54) is 0 Å². The third-order valence-corrected chi connectivity index (χ3v) is 4.07. The van der Waals surface area contributed by atoms with Crippen molar-refractivity contribution in [2.75, 3.05) is 32.8 Å². The third-order valence-electron chi connectivity index (χ3n) is 4.07. The summed E-state index contributed by atoms with van der Waals surface area (Å²) in [6, 6.07) is -0.319. The topological polar surface area (TPSA) is 78.9 Å². The highest BCUT2D eigenvalue weighted by Crippen LogP contribution is 2.35. The number of aliphatic carboxylic acids is 1. The predicted molar refractivity (Wildman–Crippen MR) is 68.8 cm³/mol. The zero-order valence-corrected chi connectivity index (χ0v) is 11.4. The quantitative estimate of drug-likeness (QED) is 0.756. The molecule has 0 spiro atoms. The molecule has 2 N–H and O–H groups in total. The second kappa shape index (κ2) is 5.88. The van der Waals surface area contributed by atoms with Gasteiger partial charge in [0, 0.05) is 19.6 Å². The lowest BCUT2D eigenvalue weighted by Gasteiger charge is -2.29. The van der Waals surface area contributed by atoms with Crippen LogP contribution in [0.2, 0.25) is 0 Å². The van der Waals surface area contributed by atoms with Crippen molar-refractivity contribution in [3.05, 3.63) is 0 Å². The number of carbonyl (C=O) groups is 2. The molecule has 2 rings (SSSR count). The lowest BCUT2D eigenvalue weighted by molar-refractivity contribution is -0.149. The molecule has 6 heteroatoms. The Morgan fingerprint density at radius 2 is 2.32 bits per heavy atom. The fraction of sp³-hybridized carbons (Fsp3) is 0.846. The van der Waals surface area contributed by atoms with Crippen LogP contribution in [0.4, 0.5) is 0 Å². The van der Waals surface area contributed by atoms with Crippen molar-refractivity contribution >= 4 is 11.9 Å². The molecule has 2 aliphatic heterocycles. The first-order valence-corrected chi connectivity index (χ1v) is 6.92. The summed E-state index contributed by atoms with van der Waals surface area (Å²) >= 11 is 0. The van der Waals surface area contributed by atoms with E-state index in [0.29, 0.717) is 45.7 Å². The van der Waals surface area contributed by atoms with Crippen molar-refractivity contribution in [1.29, 1.82) is 0 Å². The van der Waals surface area contributed by atoms with E-state index in [-0.39, 0.29) is 11.9 Å². The maximum absolute atomic E-state index is 12.3. The van der Waals surface area contributed by atoms with Crippen molar-refractivity contribution in [3.8, 4) is 0 Å². The maximum atomic E-state index is 12.3. The zero-order valence-electron chi connectivity index (χ0n) is 11.4. The van der Waals surface area contributed by atoms with Gasteiger partial charge in [-0.1, -0.05) is 13.3 Å². The Hall–Kier alpha value is -1.14. The van der Waals surface area contributed by atoms with Gasteiger partial charge in [0.05, 0.1) is 18.6 Å². The van der Waals surface area contributed by atoms with Crippen molar-refractivity contribution in [3.63, 3.8) is 0 Å². The van der Waals surface area contributed by atoms with Gasteiger partial charge in [-0.05, 0) is 12.8 Å². The van der Waals surface area contributed by atoms with E-state index in [1.54, 1.807) is 4.90 Å². The van der Waals surface area contributed by atoms with E-state index in [4.69, 9.17) is 4.74 Å². The average Bonchev–Trinajstić information content (AvgIpc) is 2.85. The Labute approximate surface area is 113 Å². The van der Waals surface area contributed by atoms with Crippen LogP contribution in [0, 0.1) is 5.41 Å². The molecule has 0 aromatic rings. The number of carboxylic acid groups (broad SMARTS) is 1. The lowest BCUT2D eigenvalue weighted by Crippen LogP contribution is -2.52. The van der Waals surface area contributed by atoms with Crippen molar-refractivity contribution < 1.29 is 19.4 Å². The van der Waals surface area contributed by atoms with Crippen LogP contribution in [-0.2, 0) is 14.3 Å². The molecule has 0 aliphatic carbocycles. The molecule has 2 saturated heterocycles. The molecular formula is C13H22N2O4. The number of morpholine rings is 1. The van der Waals surface area contributed by atoms with Gasteiger partial charge >= 0.3 is 5.97 Å². The van der Waals surface area contributed by atoms with Gasteiger partial charge in [-0.25, -0.2) is 0 Å². The van der Waals surface area contributed by atoms with E-state index in [2.05, 4.69) is 5.32 Å². The molecule has 1 amide bonds. The molecule has 19 heavy (non-hydrogen) atoms. The number of hydrogen-bond donors (Lipinski definition) is 2. The summed E-state index contributed by atoms with van der Waals surface area (Å²) in [5, 5.41) is 12.5. The van der Waals surface area contributed by atoms with Crippen molar-refractivity contribution in [1.82, 2.24) is 10.2 Å². The molecule has 2 unspecified atom stereocenters. The van der Waals surface area contributed by atoms with Gasteiger partial charge < -0.3 is 20.1 Å². The first kappa shape index (κ1) is 14.3. The Morgan fingerprint density at radius 3 is 2.89 bits per heavy atom. The number of ether oxygens (including phenoxy) is 1. The van der Waals surface area contributed by atoms with Crippen LogP contribution in [0.5, 0.6) is 0 Å². The molecule has 0 aromatic heterocycles. The average molecular weight is 270 g/mol. The third kappa shape index (κ3) is 2.90. The molecule has 108 valence electrons. The molecule has 0 radical (unpaired) electrons. The van der Waals surface area contributed by atoms with Gasteiger partial charge in [-0.2, -0.15) is 0 Å². The van der Waals surface area contributed by atoms with E-state index in [9.17, 15) is 14.7 Å². The number of nitrogens with one attached hydrogen (secondary N) is 1. The van der Waals surface area contributed by atoms with Gasteiger partial charge in [0.15, 0.2) is 0 Å². The van der Waals surface area contributed by atoms with Gasteiger partial charge in [0.1, 0.15) is 6.04 Å². The van der Waals surface area contributed by atoms with E-state index in [0.717, 1.165) is 6.42 Å². The summed E-state index contributed by atoms with van der Waals surface area (Å²) in [5.74, 6) is -0.809. The zero-order chi connectivity index (χ0) is 13.9. The number of amides is 1. The van der Waals surface area contributed by atoms with E-state index in [1.807, 2.05) is 6.92 Å². The fourth-order valence-corrected chi connectivity index (χ4v) is 2.97. The number of rotatable bonds is 4. The van der Waals surface area contributed by atoms with Crippen LogP contribution < -0.4 is 5.32 Å². The molecular weight excluding hydrogens is 248 g/mol. The smallest absolute Gasteiger partial charge is 0.311 e. The predicted octanol–water partition coefficient (Wildman–Crippen LogP) is 0.0782. The SMILES string of the molecule is CCCC1(C(=O)O)CCN(C(=O)C2COCCN2)C1. The van der Waals surface area contributed by atoms with Crippen LogP contribution in [0.3, 0.4) is 0 Å². The number of likely N-dealkylation sites (tertiary alicyclic amines) is 1. The standard InChI is InChI=1S/C13H22N2O4/c1-2-3-13(12(17)18)4-6-15(9-13)11(16)10-8-19-7-5-14-10/h10,14H,2-9H2,1H3,(H,17,18). The highest BCUT2D eigenvalue weighted by Gasteiger charge is 2.46. The molecule has 2 aliphatic rings. The normalized spacial score (nSPS) is 31.4. The number of nitrogens with zero attached hydrogens (tertiary/aromatic N) is 1. The Bertz CT molecular complexity index is 355. The largest absolute Gasteiger partial charge is 0.481 e. The Balaban J connectivity index is 1.99.